The summed E-state index contributed by atoms with van der Waals surface area (Å²) in [6, 6.07) is 10.3. The Morgan fingerprint density at radius 1 is 1.08 bits per heavy atom. The number of nitrogens with one attached hydrogen (secondary N) is 1. The van der Waals surface area contributed by atoms with Crippen molar-refractivity contribution < 1.29 is 14.4 Å². The first-order valence-electron chi connectivity index (χ1n) is 7.39. The smallest absolute Gasteiger partial charge is 0.263 e. The monoisotopic (exact) mass is 342 g/mol. The second-order valence-corrected chi connectivity index (χ2v) is 6.19. The van der Waals surface area contributed by atoms with Crippen LogP contribution >= 0.6 is 11.6 Å². The minimum atomic E-state index is -0.545. The van der Waals surface area contributed by atoms with Crippen molar-refractivity contribution in [3.63, 3.8) is 0 Å². The van der Waals surface area contributed by atoms with Crippen molar-refractivity contribution in [3.8, 4) is 0 Å². The van der Waals surface area contributed by atoms with Crippen LogP contribution in [-0.2, 0) is 4.79 Å². The minimum Gasteiger partial charge on any atom is -0.325 e. The van der Waals surface area contributed by atoms with E-state index in [2.05, 4.69) is 5.32 Å². The maximum atomic E-state index is 12.4. The van der Waals surface area contributed by atoms with Crippen LogP contribution < -0.4 is 5.32 Å². The number of hydrogen-bond donors (Lipinski definition) is 1. The predicted octanol–water partition coefficient (Wildman–Crippen LogP) is 3.19. The molecule has 1 heterocycles. The highest BCUT2D eigenvalue weighted by atomic mass is 35.5. The maximum absolute atomic E-state index is 12.4. The SMILES string of the molecule is Cc1cc(C)cc(NC(=O)CN2C(=O)c3cccc(Cl)c3C2=O)c1. The number of amides is 3. The number of aryl methyl sites for hydroxylation is 2. The van der Waals surface area contributed by atoms with Gasteiger partial charge in [0, 0.05) is 5.69 Å². The summed E-state index contributed by atoms with van der Waals surface area (Å²) in [6.07, 6.45) is 0. The Labute approximate surface area is 144 Å². The van der Waals surface area contributed by atoms with Crippen LogP contribution in [0.5, 0.6) is 0 Å². The third kappa shape index (κ3) is 2.90. The zero-order valence-electron chi connectivity index (χ0n) is 13.2. The van der Waals surface area contributed by atoms with Crippen molar-refractivity contribution in [2.75, 3.05) is 11.9 Å². The van der Waals surface area contributed by atoms with Crippen LogP contribution in [0.25, 0.3) is 0 Å². The molecule has 6 heteroatoms. The fraction of sp³-hybridized carbons (Fsp3) is 0.167. The number of benzene rings is 2. The van der Waals surface area contributed by atoms with Gasteiger partial charge < -0.3 is 5.32 Å². The summed E-state index contributed by atoms with van der Waals surface area (Å²) >= 11 is 6.00. The lowest BCUT2D eigenvalue weighted by Gasteiger charge is -2.14. The summed E-state index contributed by atoms with van der Waals surface area (Å²) in [5.74, 6) is -1.49. The average molecular weight is 343 g/mol. The van der Waals surface area contributed by atoms with E-state index >= 15 is 0 Å². The van der Waals surface area contributed by atoms with E-state index in [1.165, 1.54) is 6.07 Å². The second kappa shape index (κ2) is 6.09. The van der Waals surface area contributed by atoms with Crippen molar-refractivity contribution >= 4 is 35.0 Å². The van der Waals surface area contributed by atoms with Gasteiger partial charge in [0.15, 0.2) is 0 Å². The van der Waals surface area contributed by atoms with Gasteiger partial charge in [0.1, 0.15) is 6.54 Å². The molecule has 3 rings (SSSR count). The molecule has 1 N–H and O–H groups in total. The van der Waals surface area contributed by atoms with Crippen LogP contribution in [0.3, 0.4) is 0 Å². The zero-order chi connectivity index (χ0) is 17.4. The molecule has 0 bridgehead atoms. The highest BCUT2D eigenvalue weighted by Crippen LogP contribution is 2.28. The van der Waals surface area contributed by atoms with Crippen molar-refractivity contribution in [2.24, 2.45) is 0 Å². The Morgan fingerprint density at radius 3 is 2.38 bits per heavy atom. The Morgan fingerprint density at radius 2 is 1.75 bits per heavy atom. The van der Waals surface area contributed by atoms with Gasteiger partial charge in [-0.05, 0) is 49.2 Å². The third-order valence-electron chi connectivity index (χ3n) is 3.76. The summed E-state index contributed by atoms with van der Waals surface area (Å²) in [5, 5.41) is 2.93. The molecular weight excluding hydrogens is 328 g/mol. The molecule has 2 aromatic carbocycles. The lowest BCUT2D eigenvalue weighted by Crippen LogP contribution is -2.37. The molecule has 1 aliphatic heterocycles. The van der Waals surface area contributed by atoms with E-state index in [0.717, 1.165) is 16.0 Å². The number of carbonyl (C=O) groups excluding carboxylic acids is 3. The highest BCUT2D eigenvalue weighted by molar-refractivity contribution is 6.37. The molecule has 0 aliphatic carbocycles. The van der Waals surface area contributed by atoms with Gasteiger partial charge in [0.2, 0.25) is 5.91 Å². The van der Waals surface area contributed by atoms with Gasteiger partial charge in [-0.1, -0.05) is 23.7 Å². The molecule has 0 radical (unpaired) electrons. The Balaban J connectivity index is 1.77. The van der Waals surface area contributed by atoms with E-state index in [1.807, 2.05) is 32.0 Å². The quantitative estimate of drug-likeness (QED) is 0.871. The number of carbonyl (C=O) groups is 3. The summed E-state index contributed by atoms with van der Waals surface area (Å²) in [7, 11) is 0. The van der Waals surface area contributed by atoms with Crippen molar-refractivity contribution in [2.45, 2.75) is 13.8 Å². The largest absolute Gasteiger partial charge is 0.325 e. The molecule has 24 heavy (non-hydrogen) atoms. The lowest BCUT2D eigenvalue weighted by molar-refractivity contribution is -0.116. The molecule has 0 saturated carbocycles. The van der Waals surface area contributed by atoms with Gasteiger partial charge in [0.05, 0.1) is 16.1 Å². The molecule has 1 aliphatic rings. The zero-order valence-corrected chi connectivity index (χ0v) is 14.0. The number of fused-ring (bicyclic) bond motifs is 1. The first-order valence-corrected chi connectivity index (χ1v) is 7.77. The van der Waals surface area contributed by atoms with Gasteiger partial charge in [-0.25, -0.2) is 0 Å². The Kier molecular flexibility index (Phi) is 4.11. The Bertz CT molecular complexity index is 856. The summed E-state index contributed by atoms with van der Waals surface area (Å²) in [4.78, 5) is 37.8. The number of anilines is 1. The molecule has 0 atom stereocenters. The number of rotatable bonds is 3. The fourth-order valence-corrected chi connectivity index (χ4v) is 3.08. The molecule has 122 valence electrons. The van der Waals surface area contributed by atoms with Crippen LogP contribution in [0.2, 0.25) is 5.02 Å². The van der Waals surface area contributed by atoms with E-state index < -0.39 is 17.7 Å². The van der Waals surface area contributed by atoms with E-state index in [4.69, 9.17) is 11.6 Å². The first kappa shape index (κ1) is 16.2. The molecule has 5 nitrogen and oxygen atoms in total. The third-order valence-corrected chi connectivity index (χ3v) is 4.07. The summed E-state index contributed by atoms with van der Waals surface area (Å²) in [6.45, 7) is 3.50. The lowest BCUT2D eigenvalue weighted by atomic mass is 10.1. The second-order valence-electron chi connectivity index (χ2n) is 5.78. The van der Waals surface area contributed by atoms with Crippen molar-refractivity contribution in [3.05, 3.63) is 63.7 Å². The van der Waals surface area contributed by atoms with Crippen LogP contribution in [0.4, 0.5) is 5.69 Å². The normalized spacial score (nSPS) is 13.2. The number of nitrogens with zero attached hydrogens (tertiary/aromatic N) is 1. The molecule has 0 unspecified atom stereocenters. The van der Waals surface area contributed by atoms with E-state index in [0.29, 0.717) is 5.69 Å². The highest BCUT2D eigenvalue weighted by Gasteiger charge is 2.38. The maximum Gasteiger partial charge on any atom is 0.263 e. The minimum absolute atomic E-state index is 0.156. The van der Waals surface area contributed by atoms with Gasteiger partial charge in [-0.15, -0.1) is 0 Å². The van der Waals surface area contributed by atoms with E-state index in [1.54, 1.807) is 12.1 Å². The molecule has 2 aromatic rings. The van der Waals surface area contributed by atoms with Gasteiger partial charge in [-0.3, -0.25) is 19.3 Å². The van der Waals surface area contributed by atoms with Gasteiger partial charge in [-0.2, -0.15) is 0 Å². The topological polar surface area (TPSA) is 66.5 Å². The van der Waals surface area contributed by atoms with Crippen LogP contribution in [0.1, 0.15) is 31.8 Å². The molecule has 0 saturated heterocycles. The molecule has 0 fully saturated rings. The average Bonchev–Trinajstić information content (AvgIpc) is 2.72. The molecular formula is C18H15ClN2O3. The Hall–Kier alpha value is -2.66. The van der Waals surface area contributed by atoms with E-state index in [9.17, 15) is 14.4 Å². The molecule has 3 amide bonds. The predicted molar refractivity (Wildman–Crippen MR) is 91.4 cm³/mol. The summed E-state index contributed by atoms with van der Waals surface area (Å²) in [5.41, 5.74) is 3.04. The van der Waals surface area contributed by atoms with Crippen LogP contribution in [0, 0.1) is 13.8 Å². The van der Waals surface area contributed by atoms with Crippen LogP contribution in [0.15, 0.2) is 36.4 Å². The van der Waals surface area contributed by atoms with E-state index in [-0.39, 0.29) is 22.7 Å². The number of hydrogen-bond acceptors (Lipinski definition) is 3. The molecule has 0 aromatic heterocycles. The standard InChI is InChI=1S/C18H15ClN2O3/c1-10-6-11(2)8-12(7-10)20-15(22)9-21-17(23)13-4-3-5-14(19)16(13)18(21)24/h3-8H,9H2,1-2H3,(H,20,22). The summed E-state index contributed by atoms with van der Waals surface area (Å²) < 4.78 is 0. The fourth-order valence-electron chi connectivity index (χ4n) is 2.83. The number of halogens is 1. The van der Waals surface area contributed by atoms with Gasteiger partial charge in [0.25, 0.3) is 11.8 Å². The van der Waals surface area contributed by atoms with Crippen molar-refractivity contribution in [1.29, 1.82) is 0 Å². The van der Waals surface area contributed by atoms with Gasteiger partial charge >= 0.3 is 0 Å². The number of imide groups is 1. The first-order chi connectivity index (χ1) is 11.4. The molecule has 0 spiro atoms. The van der Waals surface area contributed by atoms with Crippen LogP contribution in [-0.4, -0.2) is 29.2 Å². The van der Waals surface area contributed by atoms with Crippen molar-refractivity contribution in [1.82, 2.24) is 4.90 Å².